The number of ether oxygens (including phenoxy) is 4. The predicted molar refractivity (Wildman–Crippen MR) is 118 cm³/mol. The number of hydrogen-bond donors (Lipinski definition) is 4. The minimum Gasteiger partial charge on any atom is -0.462 e. The number of carbonyl (C=O) groups excluding carboxylic acids is 2. The van der Waals surface area contributed by atoms with E-state index in [1.54, 1.807) is 0 Å². The molecule has 0 radical (unpaired) electrons. The first-order valence-corrected chi connectivity index (χ1v) is 13.2. The van der Waals surface area contributed by atoms with E-state index in [0.717, 1.165) is 25.7 Å². The minimum atomic E-state index is -4.57. The van der Waals surface area contributed by atoms with Crippen molar-refractivity contribution in [3.05, 3.63) is 0 Å². The van der Waals surface area contributed by atoms with Gasteiger partial charge in [0.05, 0.1) is 6.61 Å². The topological polar surface area (TPSA) is 186 Å². The van der Waals surface area contributed by atoms with Crippen LogP contribution in [0.3, 0.4) is 0 Å². The Morgan fingerprint density at radius 2 is 1.53 bits per heavy atom. The van der Waals surface area contributed by atoms with Crippen LogP contribution in [0.25, 0.3) is 0 Å². The lowest BCUT2D eigenvalue weighted by Gasteiger charge is -2.40. The Bertz CT molecular complexity index is 713. The number of aliphatic hydroxyl groups excluding tert-OH is 3. The Kier molecular flexibility index (Phi) is 14.1. The molecule has 0 spiro atoms. The molecule has 0 aliphatic carbocycles. The molecule has 0 aromatic rings. The summed E-state index contributed by atoms with van der Waals surface area (Å²) in [5, 5.41) is 30.1. The van der Waals surface area contributed by atoms with Crippen LogP contribution in [0.2, 0.25) is 0 Å². The third kappa shape index (κ3) is 11.9. The van der Waals surface area contributed by atoms with Crippen LogP contribution < -0.4 is 0 Å². The van der Waals surface area contributed by atoms with E-state index in [9.17, 15) is 33.3 Å². The molecule has 0 saturated carbocycles. The normalized spacial score (nSPS) is 26.1. The monoisotopic (exact) mass is 514 g/mol. The molecule has 0 amide bonds. The van der Waals surface area contributed by atoms with E-state index < -0.39 is 71.2 Å². The van der Waals surface area contributed by atoms with Gasteiger partial charge in [-0.1, -0.05) is 39.5 Å². The van der Waals surface area contributed by atoms with Gasteiger partial charge < -0.3 is 34.3 Å². The molecular weight excluding hydrogens is 476 g/mol. The van der Waals surface area contributed by atoms with E-state index in [4.69, 9.17) is 23.5 Å². The number of rotatable bonds is 16. The molecule has 0 unspecified atom stereocenters. The second kappa shape index (κ2) is 15.6. The fraction of sp³-hybridized carbons (Fsp3) is 0.905. The Morgan fingerprint density at radius 1 is 0.882 bits per heavy atom. The lowest BCUT2D eigenvalue weighted by atomic mass is 10.00. The third-order valence-electron chi connectivity index (χ3n) is 5.19. The number of hydrogen-bond acceptors (Lipinski definition) is 11. The molecule has 1 saturated heterocycles. The first kappa shape index (κ1) is 30.7. The third-order valence-corrected chi connectivity index (χ3v) is 5.94. The van der Waals surface area contributed by atoms with Gasteiger partial charge in [-0.05, 0) is 12.8 Å². The van der Waals surface area contributed by atoms with Crippen molar-refractivity contribution in [3.63, 3.8) is 0 Å². The highest BCUT2D eigenvalue weighted by atomic mass is 32.2. The lowest BCUT2D eigenvalue weighted by Crippen LogP contribution is -2.60. The molecule has 34 heavy (non-hydrogen) atoms. The summed E-state index contributed by atoms with van der Waals surface area (Å²) >= 11 is 0. The number of esters is 2. The Balaban J connectivity index is 2.72. The summed E-state index contributed by atoms with van der Waals surface area (Å²) in [5.41, 5.74) is 0. The predicted octanol–water partition coefficient (Wildman–Crippen LogP) is 0.314. The van der Waals surface area contributed by atoms with E-state index >= 15 is 0 Å². The number of aliphatic hydroxyl groups is 3. The Morgan fingerprint density at radius 3 is 2.15 bits per heavy atom. The van der Waals surface area contributed by atoms with Gasteiger partial charge in [0.15, 0.2) is 12.4 Å². The van der Waals surface area contributed by atoms with Gasteiger partial charge in [0.25, 0.3) is 10.1 Å². The first-order valence-electron chi connectivity index (χ1n) is 11.6. The molecule has 6 atom stereocenters. The largest absolute Gasteiger partial charge is 0.462 e. The van der Waals surface area contributed by atoms with Crippen LogP contribution in [0.15, 0.2) is 0 Å². The molecular formula is C21H38O12S. The zero-order valence-electron chi connectivity index (χ0n) is 19.7. The summed E-state index contributed by atoms with van der Waals surface area (Å²) in [4.78, 5) is 24.0. The summed E-state index contributed by atoms with van der Waals surface area (Å²) in [7, 11) is -4.57. The molecule has 200 valence electrons. The van der Waals surface area contributed by atoms with Gasteiger partial charge in [-0.25, -0.2) is 0 Å². The smallest absolute Gasteiger partial charge is 0.306 e. The molecule has 0 aromatic carbocycles. The second-order valence-electron chi connectivity index (χ2n) is 8.31. The van der Waals surface area contributed by atoms with Crippen molar-refractivity contribution in [2.24, 2.45) is 0 Å². The standard InChI is InChI=1S/C21H38O12S/c1-3-5-7-8-10-16(22)30-11-14(32-17(23)9-6-4-2)12-31-21-20(26)19(25)18(24)15(33-21)13-34(27,28)29/h14-15,18-21,24-26H,3-13H2,1-2H3,(H,27,28,29)/t14-,15-,18-,19+,20-,21+/m1/s1. The van der Waals surface area contributed by atoms with Crippen molar-refractivity contribution < 1.29 is 56.8 Å². The molecule has 4 N–H and O–H groups in total. The van der Waals surface area contributed by atoms with Crippen LogP contribution in [0.4, 0.5) is 0 Å². The number of unbranched alkanes of at least 4 members (excludes halogenated alkanes) is 4. The van der Waals surface area contributed by atoms with E-state index in [2.05, 4.69) is 0 Å². The highest BCUT2D eigenvalue weighted by Crippen LogP contribution is 2.23. The zero-order valence-corrected chi connectivity index (χ0v) is 20.5. The second-order valence-corrected chi connectivity index (χ2v) is 9.80. The van der Waals surface area contributed by atoms with Crippen LogP contribution in [-0.4, -0.2) is 96.0 Å². The molecule has 13 heteroatoms. The van der Waals surface area contributed by atoms with E-state index in [0.29, 0.717) is 12.8 Å². The molecule has 1 fully saturated rings. The van der Waals surface area contributed by atoms with E-state index in [-0.39, 0.29) is 19.4 Å². The summed E-state index contributed by atoms with van der Waals surface area (Å²) in [6.45, 7) is 3.23. The molecule has 0 aromatic heterocycles. The van der Waals surface area contributed by atoms with Gasteiger partial charge in [0.1, 0.15) is 36.8 Å². The molecule has 1 rings (SSSR count). The fourth-order valence-corrected chi connectivity index (χ4v) is 3.93. The van der Waals surface area contributed by atoms with Gasteiger partial charge in [-0.15, -0.1) is 0 Å². The highest BCUT2D eigenvalue weighted by molar-refractivity contribution is 7.85. The van der Waals surface area contributed by atoms with Crippen molar-refractivity contribution in [1.82, 2.24) is 0 Å². The van der Waals surface area contributed by atoms with Crippen molar-refractivity contribution in [3.8, 4) is 0 Å². The van der Waals surface area contributed by atoms with Gasteiger partial charge in [-0.3, -0.25) is 14.1 Å². The maximum Gasteiger partial charge on any atom is 0.306 e. The van der Waals surface area contributed by atoms with Gasteiger partial charge >= 0.3 is 11.9 Å². The van der Waals surface area contributed by atoms with Crippen molar-refractivity contribution in [2.75, 3.05) is 19.0 Å². The minimum absolute atomic E-state index is 0.141. The maximum atomic E-state index is 12.1. The summed E-state index contributed by atoms with van der Waals surface area (Å²) in [6, 6.07) is 0. The molecule has 12 nitrogen and oxygen atoms in total. The Hall–Kier alpha value is -1.35. The summed E-state index contributed by atoms with van der Waals surface area (Å²) in [6.07, 6.45) is -4.33. The molecule has 0 bridgehead atoms. The van der Waals surface area contributed by atoms with Crippen molar-refractivity contribution in [1.29, 1.82) is 0 Å². The summed E-state index contributed by atoms with van der Waals surface area (Å²) < 4.78 is 52.4. The zero-order chi connectivity index (χ0) is 25.7. The number of carbonyl (C=O) groups is 2. The maximum absolute atomic E-state index is 12.1. The van der Waals surface area contributed by atoms with Crippen molar-refractivity contribution >= 4 is 22.1 Å². The first-order chi connectivity index (χ1) is 16.0. The molecule has 1 heterocycles. The van der Waals surface area contributed by atoms with Crippen LogP contribution in [0.1, 0.15) is 65.2 Å². The molecule has 1 aliphatic rings. The van der Waals surface area contributed by atoms with Gasteiger partial charge in [0, 0.05) is 12.8 Å². The average Bonchev–Trinajstić information content (AvgIpc) is 2.77. The van der Waals surface area contributed by atoms with Crippen LogP contribution in [-0.2, 0) is 38.7 Å². The van der Waals surface area contributed by atoms with E-state index in [1.807, 2.05) is 13.8 Å². The lowest BCUT2D eigenvalue weighted by molar-refractivity contribution is -0.297. The van der Waals surface area contributed by atoms with Crippen molar-refractivity contribution in [2.45, 2.75) is 102 Å². The quantitative estimate of drug-likeness (QED) is 0.126. The fourth-order valence-electron chi connectivity index (χ4n) is 3.24. The highest BCUT2D eigenvalue weighted by Gasteiger charge is 2.45. The SMILES string of the molecule is CCCCCCC(=O)OC[C@H](CO[C@H]1O[C@H](CS(=O)(=O)O)[C@@H](O)[C@H](O)[C@H]1O)OC(=O)CCCC. The van der Waals surface area contributed by atoms with Gasteiger partial charge in [-0.2, -0.15) is 8.42 Å². The Labute approximate surface area is 200 Å². The van der Waals surface area contributed by atoms with Crippen LogP contribution in [0, 0.1) is 0 Å². The van der Waals surface area contributed by atoms with Crippen LogP contribution in [0.5, 0.6) is 0 Å². The van der Waals surface area contributed by atoms with E-state index in [1.165, 1.54) is 0 Å². The van der Waals surface area contributed by atoms with Crippen LogP contribution >= 0.6 is 0 Å². The van der Waals surface area contributed by atoms with Gasteiger partial charge in [0.2, 0.25) is 0 Å². The average molecular weight is 515 g/mol. The summed E-state index contributed by atoms with van der Waals surface area (Å²) in [5.74, 6) is -2.05. The molecule has 1 aliphatic heterocycles.